The first kappa shape index (κ1) is 8.28. The summed E-state index contributed by atoms with van der Waals surface area (Å²) in [5, 5.41) is 10.6. The summed E-state index contributed by atoms with van der Waals surface area (Å²) in [5.41, 5.74) is -0.220. The molecule has 3 saturated carbocycles. The summed E-state index contributed by atoms with van der Waals surface area (Å²) in [5.74, 6) is 2.45. The number of fused-ring (bicyclic) bond motifs is 4. The van der Waals surface area contributed by atoms with Crippen LogP contribution in [-0.4, -0.2) is 10.7 Å². The Morgan fingerprint density at radius 3 is 2.62 bits per heavy atom. The second kappa shape index (κ2) is 2.73. The van der Waals surface area contributed by atoms with E-state index in [4.69, 9.17) is 0 Å². The van der Waals surface area contributed by atoms with Crippen molar-refractivity contribution in [2.45, 2.75) is 57.0 Å². The molecule has 3 fully saturated rings. The molecule has 3 aliphatic rings. The van der Waals surface area contributed by atoms with E-state index in [9.17, 15) is 5.11 Å². The highest BCUT2D eigenvalue weighted by molar-refractivity contribution is 5.01. The molecule has 0 aliphatic heterocycles. The number of aliphatic hydroxyl groups is 1. The normalized spacial score (nSPS) is 54.7. The molecule has 3 rings (SSSR count). The highest BCUT2D eigenvalue weighted by Gasteiger charge is 2.50. The molecule has 13 heavy (non-hydrogen) atoms. The molecule has 4 unspecified atom stereocenters. The Morgan fingerprint density at radius 2 is 1.85 bits per heavy atom. The van der Waals surface area contributed by atoms with Gasteiger partial charge in [-0.05, 0) is 49.9 Å². The van der Waals surface area contributed by atoms with Gasteiger partial charge in [0, 0.05) is 0 Å². The SMILES string of the molecule is OC12CCCC(CCC3CCC31)C2. The minimum Gasteiger partial charge on any atom is -0.390 e. The van der Waals surface area contributed by atoms with Gasteiger partial charge in [0.25, 0.3) is 0 Å². The van der Waals surface area contributed by atoms with Crippen molar-refractivity contribution in [1.29, 1.82) is 0 Å². The maximum absolute atomic E-state index is 10.6. The summed E-state index contributed by atoms with van der Waals surface area (Å²) < 4.78 is 0. The summed E-state index contributed by atoms with van der Waals surface area (Å²) in [6, 6.07) is 0. The number of rotatable bonds is 0. The molecule has 1 heteroatoms. The van der Waals surface area contributed by atoms with Crippen LogP contribution in [0.1, 0.15) is 51.4 Å². The Labute approximate surface area is 80.5 Å². The maximum Gasteiger partial charge on any atom is 0.0681 e. The third-order valence-corrected chi connectivity index (χ3v) is 4.92. The third kappa shape index (κ3) is 1.16. The van der Waals surface area contributed by atoms with Crippen LogP contribution in [0.15, 0.2) is 0 Å². The molecule has 0 amide bonds. The first-order chi connectivity index (χ1) is 6.28. The van der Waals surface area contributed by atoms with E-state index in [0.717, 1.165) is 24.7 Å². The molecule has 2 bridgehead atoms. The molecule has 0 radical (unpaired) electrons. The Balaban J connectivity index is 1.87. The van der Waals surface area contributed by atoms with Crippen molar-refractivity contribution in [2.24, 2.45) is 17.8 Å². The molecule has 0 saturated heterocycles. The van der Waals surface area contributed by atoms with Crippen LogP contribution < -0.4 is 0 Å². The minimum absolute atomic E-state index is 0.220. The van der Waals surface area contributed by atoms with Gasteiger partial charge in [-0.3, -0.25) is 0 Å². The Kier molecular flexibility index (Phi) is 1.74. The molecule has 3 aliphatic carbocycles. The molecular weight excluding hydrogens is 160 g/mol. The molecule has 0 aromatic rings. The molecule has 0 aromatic heterocycles. The van der Waals surface area contributed by atoms with Gasteiger partial charge in [-0.25, -0.2) is 0 Å². The van der Waals surface area contributed by atoms with Crippen molar-refractivity contribution in [1.82, 2.24) is 0 Å². The Morgan fingerprint density at radius 1 is 1.00 bits per heavy atom. The molecule has 0 heterocycles. The average Bonchev–Trinajstić information content (AvgIpc) is 2.05. The lowest BCUT2D eigenvalue weighted by molar-refractivity contribution is -0.103. The Bertz CT molecular complexity index is 211. The van der Waals surface area contributed by atoms with Crippen LogP contribution in [-0.2, 0) is 0 Å². The fraction of sp³-hybridized carbons (Fsp3) is 1.00. The predicted octanol–water partition coefficient (Wildman–Crippen LogP) is 2.73. The van der Waals surface area contributed by atoms with Crippen LogP contribution in [0.3, 0.4) is 0 Å². The van der Waals surface area contributed by atoms with Crippen molar-refractivity contribution < 1.29 is 5.11 Å². The second-order valence-electron chi connectivity index (χ2n) is 5.59. The van der Waals surface area contributed by atoms with Gasteiger partial charge >= 0.3 is 0 Å². The fourth-order valence-corrected chi connectivity index (χ4v) is 4.06. The van der Waals surface area contributed by atoms with Crippen LogP contribution in [0.25, 0.3) is 0 Å². The Hall–Kier alpha value is -0.0400. The van der Waals surface area contributed by atoms with E-state index in [2.05, 4.69) is 0 Å². The first-order valence-corrected chi connectivity index (χ1v) is 6.00. The number of hydrogen-bond acceptors (Lipinski definition) is 1. The lowest BCUT2D eigenvalue weighted by Gasteiger charge is -2.48. The van der Waals surface area contributed by atoms with Gasteiger partial charge < -0.3 is 5.11 Å². The van der Waals surface area contributed by atoms with E-state index < -0.39 is 0 Å². The second-order valence-corrected chi connectivity index (χ2v) is 5.59. The van der Waals surface area contributed by atoms with Crippen LogP contribution in [0.5, 0.6) is 0 Å². The van der Waals surface area contributed by atoms with Crippen LogP contribution in [0.2, 0.25) is 0 Å². The maximum atomic E-state index is 10.6. The molecule has 4 atom stereocenters. The quantitative estimate of drug-likeness (QED) is 0.607. The molecule has 0 spiro atoms. The number of hydrogen-bond donors (Lipinski definition) is 1. The average molecular weight is 180 g/mol. The zero-order valence-electron chi connectivity index (χ0n) is 8.34. The van der Waals surface area contributed by atoms with E-state index in [1.54, 1.807) is 0 Å². The molecule has 0 aromatic carbocycles. The van der Waals surface area contributed by atoms with Crippen molar-refractivity contribution in [3.63, 3.8) is 0 Å². The lowest BCUT2D eigenvalue weighted by Crippen LogP contribution is -2.47. The van der Waals surface area contributed by atoms with Gasteiger partial charge in [0.15, 0.2) is 0 Å². The summed E-state index contributed by atoms with van der Waals surface area (Å²) in [4.78, 5) is 0. The van der Waals surface area contributed by atoms with Gasteiger partial charge in [0.1, 0.15) is 0 Å². The highest BCUT2D eigenvalue weighted by atomic mass is 16.3. The van der Waals surface area contributed by atoms with Crippen LogP contribution in [0.4, 0.5) is 0 Å². The van der Waals surface area contributed by atoms with E-state index in [0.29, 0.717) is 5.92 Å². The molecule has 1 N–H and O–H groups in total. The molecular formula is C12H20O. The van der Waals surface area contributed by atoms with Crippen LogP contribution in [0, 0.1) is 17.8 Å². The van der Waals surface area contributed by atoms with Crippen molar-refractivity contribution in [3.05, 3.63) is 0 Å². The standard InChI is InChI=1S/C12H20O/c13-12-7-1-2-9(8-12)3-4-10-5-6-11(10)12/h9-11,13H,1-8H2. The summed E-state index contributed by atoms with van der Waals surface area (Å²) >= 11 is 0. The minimum atomic E-state index is -0.220. The predicted molar refractivity (Wildman–Crippen MR) is 52.4 cm³/mol. The molecule has 74 valence electrons. The zero-order chi connectivity index (χ0) is 8.89. The van der Waals surface area contributed by atoms with E-state index in [1.165, 1.54) is 38.5 Å². The fourth-order valence-electron chi connectivity index (χ4n) is 4.06. The lowest BCUT2D eigenvalue weighted by atomic mass is 9.61. The topological polar surface area (TPSA) is 20.2 Å². The third-order valence-electron chi connectivity index (χ3n) is 4.92. The summed E-state index contributed by atoms with van der Waals surface area (Å²) in [6.07, 6.45) is 10.4. The van der Waals surface area contributed by atoms with Crippen molar-refractivity contribution in [3.8, 4) is 0 Å². The smallest absolute Gasteiger partial charge is 0.0681 e. The largest absolute Gasteiger partial charge is 0.390 e. The zero-order valence-corrected chi connectivity index (χ0v) is 8.34. The van der Waals surface area contributed by atoms with Gasteiger partial charge in [-0.2, -0.15) is 0 Å². The van der Waals surface area contributed by atoms with Gasteiger partial charge in [-0.1, -0.05) is 19.3 Å². The van der Waals surface area contributed by atoms with Crippen molar-refractivity contribution >= 4 is 0 Å². The first-order valence-electron chi connectivity index (χ1n) is 6.00. The summed E-state index contributed by atoms with van der Waals surface area (Å²) in [6.45, 7) is 0. The summed E-state index contributed by atoms with van der Waals surface area (Å²) in [7, 11) is 0. The van der Waals surface area contributed by atoms with E-state index in [1.807, 2.05) is 0 Å². The van der Waals surface area contributed by atoms with Crippen LogP contribution >= 0.6 is 0 Å². The van der Waals surface area contributed by atoms with E-state index in [-0.39, 0.29) is 5.60 Å². The van der Waals surface area contributed by atoms with Gasteiger partial charge in [0.2, 0.25) is 0 Å². The van der Waals surface area contributed by atoms with Crippen molar-refractivity contribution in [2.75, 3.05) is 0 Å². The highest BCUT2D eigenvalue weighted by Crippen LogP contribution is 2.54. The molecule has 1 nitrogen and oxygen atoms in total. The van der Waals surface area contributed by atoms with Gasteiger partial charge in [-0.15, -0.1) is 0 Å². The van der Waals surface area contributed by atoms with E-state index >= 15 is 0 Å². The van der Waals surface area contributed by atoms with Gasteiger partial charge in [0.05, 0.1) is 5.60 Å². The monoisotopic (exact) mass is 180 g/mol.